The second-order valence-electron chi connectivity index (χ2n) is 2.37. The summed E-state index contributed by atoms with van der Waals surface area (Å²) in [6, 6.07) is 0. The van der Waals surface area contributed by atoms with Crippen molar-refractivity contribution in [1.29, 1.82) is 0 Å². The molecule has 1 rings (SSSR count). The molecule has 10 heteroatoms. The van der Waals surface area contributed by atoms with Crippen molar-refractivity contribution in [3.05, 3.63) is 29.1 Å². The molecule has 0 radical (unpaired) electrons. The molecule has 0 aliphatic carbocycles. The zero-order valence-corrected chi connectivity index (χ0v) is 8.09. The van der Waals surface area contributed by atoms with E-state index in [9.17, 15) is 30.4 Å². The average Bonchev–Trinajstić information content (AvgIpc) is 2.09. The van der Waals surface area contributed by atoms with Crippen molar-refractivity contribution in [1.82, 2.24) is 6.15 Å². The summed E-state index contributed by atoms with van der Waals surface area (Å²) in [6.45, 7) is 0. The lowest BCUT2D eigenvalue weighted by atomic mass is 10.3. The van der Waals surface area contributed by atoms with Crippen LogP contribution in [-0.2, 0) is 10.1 Å². The lowest BCUT2D eigenvalue weighted by Gasteiger charge is -2.04. The van der Waals surface area contributed by atoms with E-state index in [-0.39, 0.29) is 6.15 Å². The van der Waals surface area contributed by atoms with E-state index in [1.165, 1.54) is 0 Å². The second kappa shape index (κ2) is 4.31. The SMILES string of the molecule is N.O=S(=O)(O)c1c(F)c(F)c(F)c(F)c1F. The molecule has 4 N–H and O–H groups in total. The van der Waals surface area contributed by atoms with Gasteiger partial charge in [0.15, 0.2) is 28.2 Å². The van der Waals surface area contributed by atoms with Crippen molar-refractivity contribution in [2.75, 3.05) is 0 Å². The summed E-state index contributed by atoms with van der Waals surface area (Å²) in [6.07, 6.45) is 0. The van der Waals surface area contributed by atoms with Gasteiger partial charge in [0.1, 0.15) is 0 Å². The Morgan fingerprint density at radius 2 is 1.00 bits per heavy atom. The summed E-state index contributed by atoms with van der Waals surface area (Å²) in [4.78, 5) is -2.26. The molecule has 1 aromatic rings. The maximum atomic E-state index is 12.6. The van der Waals surface area contributed by atoms with E-state index in [0.29, 0.717) is 0 Å². The normalized spacial score (nSPS) is 11.1. The van der Waals surface area contributed by atoms with Crippen molar-refractivity contribution >= 4 is 10.1 Å². The number of halogens is 5. The third kappa shape index (κ3) is 2.13. The monoisotopic (exact) mass is 265 g/mol. The van der Waals surface area contributed by atoms with Crippen LogP contribution in [0.15, 0.2) is 4.90 Å². The molecule has 92 valence electrons. The molecule has 0 bridgehead atoms. The summed E-state index contributed by atoms with van der Waals surface area (Å²) in [5.41, 5.74) is 0. The summed E-state index contributed by atoms with van der Waals surface area (Å²) < 4.78 is 91.3. The van der Waals surface area contributed by atoms with Crippen molar-refractivity contribution in [3.63, 3.8) is 0 Å². The summed E-state index contributed by atoms with van der Waals surface area (Å²) >= 11 is 0. The second-order valence-corrected chi connectivity index (χ2v) is 3.73. The van der Waals surface area contributed by atoms with E-state index in [1.54, 1.807) is 0 Å². The summed E-state index contributed by atoms with van der Waals surface area (Å²) in [5.74, 6) is -12.6. The Morgan fingerprint density at radius 1 is 0.750 bits per heavy atom. The van der Waals surface area contributed by atoms with Gasteiger partial charge in [0.05, 0.1) is 0 Å². The number of hydrogen-bond acceptors (Lipinski definition) is 3. The Hall–Kier alpha value is -1.26. The molecule has 16 heavy (non-hydrogen) atoms. The van der Waals surface area contributed by atoms with Gasteiger partial charge in [-0.3, -0.25) is 4.55 Å². The molecule has 0 fully saturated rings. The lowest BCUT2D eigenvalue weighted by Crippen LogP contribution is -2.11. The highest BCUT2D eigenvalue weighted by Gasteiger charge is 2.32. The minimum absolute atomic E-state index is 0. The molecule has 0 aliphatic heterocycles. The van der Waals surface area contributed by atoms with E-state index in [4.69, 9.17) is 4.55 Å². The first kappa shape index (κ1) is 14.7. The van der Waals surface area contributed by atoms with Crippen LogP contribution in [0, 0.1) is 29.1 Å². The Bertz CT molecular complexity index is 500. The van der Waals surface area contributed by atoms with Crippen molar-refractivity contribution < 1.29 is 34.9 Å². The zero-order chi connectivity index (χ0) is 12.0. The van der Waals surface area contributed by atoms with Crippen LogP contribution >= 0.6 is 0 Å². The molecule has 0 heterocycles. The van der Waals surface area contributed by atoms with Gasteiger partial charge in [-0.05, 0) is 0 Å². The van der Waals surface area contributed by atoms with Crippen LogP contribution < -0.4 is 6.15 Å². The molecule has 0 atom stereocenters. The third-order valence-electron chi connectivity index (χ3n) is 1.43. The molecular weight excluding hydrogens is 261 g/mol. The van der Waals surface area contributed by atoms with Crippen LogP contribution in [0.1, 0.15) is 0 Å². The van der Waals surface area contributed by atoms with Gasteiger partial charge in [-0.2, -0.15) is 8.42 Å². The van der Waals surface area contributed by atoms with Gasteiger partial charge in [-0.1, -0.05) is 0 Å². The average molecular weight is 265 g/mol. The number of benzene rings is 1. The summed E-state index contributed by atoms with van der Waals surface area (Å²) in [7, 11) is -5.52. The largest absolute Gasteiger partial charge is 0.344 e. The fourth-order valence-corrected chi connectivity index (χ4v) is 1.44. The maximum Gasteiger partial charge on any atom is 0.300 e. The Kier molecular flexibility index (Phi) is 3.97. The highest BCUT2D eigenvalue weighted by Crippen LogP contribution is 2.26. The van der Waals surface area contributed by atoms with Gasteiger partial charge >= 0.3 is 10.1 Å². The van der Waals surface area contributed by atoms with Crippen LogP contribution in [0.4, 0.5) is 22.0 Å². The molecule has 0 aliphatic rings. The quantitative estimate of drug-likeness (QED) is 0.350. The van der Waals surface area contributed by atoms with Crippen molar-refractivity contribution in [2.45, 2.75) is 4.90 Å². The number of hydrogen-bond donors (Lipinski definition) is 2. The van der Waals surface area contributed by atoms with E-state index in [2.05, 4.69) is 0 Å². The Labute approximate surface area is 86.0 Å². The Morgan fingerprint density at radius 3 is 1.25 bits per heavy atom. The highest BCUT2D eigenvalue weighted by molar-refractivity contribution is 7.85. The van der Waals surface area contributed by atoms with Gasteiger partial charge in [0, 0.05) is 0 Å². The molecule has 1 aromatic carbocycles. The molecule has 0 aromatic heterocycles. The third-order valence-corrected chi connectivity index (χ3v) is 2.30. The van der Waals surface area contributed by atoms with Crippen molar-refractivity contribution in [3.8, 4) is 0 Å². The molecule has 4 nitrogen and oxygen atoms in total. The van der Waals surface area contributed by atoms with Crippen LogP contribution in [0.25, 0.3) is 0 Å². The standard InChI is InChI=1S/C6HF5O3S.H3N/c7-1-2(8)4(10)6(15(12,13)14)5(11)3(1)9;/h(H,12,13,14);1H3. The first-order chi connectivity index (χ1) is 6.68. The fourth-order valence-electron chi connectivity index (χ4n) is 0.811. The maximum absolute atomic E-state index is 12.6. The fraction of sp³-hybridized carbons (Fsp3) is 0. The molecule has 0 amide bonds. The van der Waals surface area contributed by atoms with Gasteiger partial charge < -0.3 is 6.15 Å². The van der Waals surface area contributed by atoms with Crippen LogP contribution in [-0.4, -0.2) is 13.0 Å². The lowest BCUT2D eigenvalue weighted by molar-refractivity contribution is 0.352. The molecule has 0 spiro atoms. The van der Waals surface area contributed by atoms with Crippen LogP contribution in [0.5, 0.6) is 0 Å². The Balaban J connectivity index is 0.00000225. The van der Waals surface area contributed by atoms with E-state index < -0.39 is 44.1 Å². The van der Waals surface area contributed by atoms with E-state index >= 15 is 0 Å². The van der Waals surface area contributed by atoms with Crippen LogP contribution in [0.3, 0.4) is 0 Å². The first-order valence-corrected chi connectivity index (χ1v) is 4.61. The molecule has 0 saturated heterocycles. The molecule has 0 unspecified atom stereocenters. The van der Waals surface area contributed by atoms with Gasteiger partial charge in [0.2, 0.25) is 5.82 Å². The topological polar surface area (TPSA) is 89.4 Å². The molecular formula is C6H4F5NO3S. The number of rotatable bonds is 1. The smallest absolute Gasteiger partial charge is 0.300 e. The van der Waals surface area contributed by atoms with Gasteiger partial charge in [-0.15, -0.1) is 0 Å². The minimum Gasteiger partial charge on any atom is -0.344 e. The predicted molar refractivity (Wildman–Crippen MR) is 41.1 cm³/mol. The van der Waals surface area contributed by atoms with Crippen molar-refractivity contribution in [2.24, 2.45) is 0 Å². The first-order valence-electron chi connectivity index (χ1n) is 3.16. The van der Waals surface area contributed by atoms with Gasteiger partial charge in [0.25, 0.3) is 0 Å². The molecule has 0 saturated carbocycles. The van der Waals surface area contributed by atoms with E-state index in [1.807, 2.05) is 0 Å². The van der Waals surface area contributed by atoms with E-state index in [0.717, 1.165) is 0 Å². The zero-order valence-electron chi connectivity index (χ0n) is 7.27. The predicted octanol–water partition coefficient (Wildman–Crippen LogP) is 1.79. The van der Waals surface area contributed by atoms with Crippen LogP contribution in [0.2, 0.25) is 0 Å². The van der Waals surface area contributed by atoms with Gasteiger partial charge in [-0.25, -0.2) is 22.0 Å². The minimum atomic E-state index is -5.52. The summed E-state index contributed by atoms with van der Waals surface area (Å²) in [5, 5.41) is 0. The highest BCUT2D eigenvalue weighted by atomic mass is 32.2.